The summed E-state index contributed by atoms with van der Waals surface area (Å²) in [6.07, 6.45) is 9.79. The predicted octanol–water partition coefficient (Wildman–Crippen LogP) is 1.38. The molecule has 0 unspecified atom stereocenters. The van der Waals surface area contributed by atoms with Gasteiger partial charge in [-0.25, -0.2) is 0 Å². The maximum Gasteiger partial charge on any atom is 0.0163 e. The minimum atomic E-state index is 0.665. The average Bonchev–Trinajstić information content (AvgIpc) is 2.56. The van der Waals surface area contributed by atoms with Gasteiger partial charge < -0.3 is 5.73 Å². The molecule has 70 valence electrons. The number of hydrogen-bond donors (Lipinski definition) is 1. The average molecular weight is 168 g/mol. The van der Waals surface area contributed by atoms with Crippen LogP contribution in [0.3, 0.4) is 0 Å². The Morgan fingerprint density at radius 1 is 1.33 bits per heavy atom. The molecule has 2 heteroatoms. The Morgan fingerprint density at radius 2 is 2.00 bits per heavy atom. The first kappa shape index (κ1) is 9.75. The van der Waals surface area contributed by atoms with Crippen molar-refractivity contribution >= 4 is 0 Å². The standard InChI is InChI=1S/C10H20N2/c1-12(9-5-4-8-11)10-6-2-3-7-10/h4-5,10H,2-3,6-9,11H2,1H3. The van der Waals surface area contributed by atoms with Crippen LogP contribution in [0.25, 0.3) is 0 Å². The fourth-order valence-corrected chi connectivity index (χ4v) is 1.83. The normalized spacial score (nSPS) is 19.9. The van der Waals surface area contributed by atoms with Crippen LogP contribution in [0.1, 0.15) is 25.7 Å². The highest BCUT2D eigenvalue weighted by atomic mass is 15.1. The lowest BCUT2D eigenvalue weighted by Crippen LogP contribution is -2.29. The van der Waals surface area contributed by atoms with Crippen molar-refractivity contribution in [3.05, 3.63) is 12.2 Å². The molecule has 0 heterocycles. The smallest absolute Gasteiger partial charge is 0.0163 e. The fraction of sp³-hybridized carbons (Fsp3) is 0.800. The lowest BCUT2D eigenvalue weighted by molar-refractivity contribution is 0.271. The summed E-state index contributed by atoms with van der Waals surface area (Å²) < 4.78 is 0. The molecule has 0 aromatic heterocycles. The molecule has 1 fully saturated rings. The van der Waals surface area contributed by atoms with Gasteiger partial charge in [-0.15, -0.1) is 0 Å². The number of rotatable bonds is 4. The molecule has 0 aliphatic heterocycles. The molecule has 0 atom stereocenters. The molecule has 1 saturated carbocycles. The van der Waals surface area contributed by atoms with Gasteiger partial charge in [-0.3, -0.25) is 4.90 Å². The Balaban J connectivity index is 2.17. The first-order valence-electron chi connectivity index (χ1n) is 4.90. The van der Waals surface area contributed by atoms with Gasteiger partial charge in [-0.1, -0.05) is 25.0 Å². The van der Waals surface area contributed by atoms with Gasteiger partial charge in [0.25, 0.3) is 0 Å². The van der Waals surface area contributed by atoms with E-state index in [-0.39, 0.29) is 0 Å². The molecular weight excluding hydrogens is 148 g/mol. The predicted molar refractivity (Wildman–Crippen MR) is 53.1 cm³/mol. The van der Waals surface area contributed by atoms with Crippen LogP contribution in [0.5, 0.6) is 0 Å². The fourth-order valence-electron chi connectivity index (χ4n) is 1.83. The summed E-state index contributed by atoms with van der Waals surface area (Å²) in [5.74, 6) is 0. The minimum absolute atomic E-state index is 0.665. The van der Waals surface area contributed by atoms with Crippen LogP contribution >= 0.6 is 0 Å². The molecular formula is C10H20N2. The summed E-state index contributed by atoms with van der Waals surface area (Å²) in [6.45, 7) is 1.72. The zero-order valence-corrected chi connectivity index (χ0v) is 8.00. The van der Waals surface area contributed by atoms with Crippen LogP contribution in [0, 0.1) is 0 Å². The minimum Gasteiger partial charge on any atom is -0.327 e. The highest BCUT2D eigenvalue weighted by Crippen LogP contribution is 2.21. The van der Waals surface area contributed by atoms with Gasteiger partial charge in [0.05, 0.1) is 0 Å². The molecule has 1 aliphatic rings. The molecule has 12 heavy (non-hydrogen) atoms. The third-order valence-corrected chi connectivity index (χ3v) is 2.64. The Bertz CT molecular complexity index is 137. The monoisotopic (exact) mass is 168 g/mol. The van der Waals surface area contributed by atoms with Gasteiger partial charge in [0, 0.05) is 19.1 Å². The number of nitrogens with zero attached hydrogens (tertiary/aromatic N) is 1. The van der Waals surface area contributed by atoms with Gasteiger partial charge >= 0.3 is 0 Å². The molecule has 1 rings (SSSR count). The van der Waals surface area contributed by atoms with E-state index in [4.69, 9.17) is 5.73 Å². The summed E-state index contributed by atoms with van der Waals surface area (Å²) in [5, 5.41) is 0. The van der Waals surface area contributed by atoms with Gasteiger partial charge in [-0.2, -0.15) is 0 Å². The van der Waals surface area contributed by atoms with E-state index in [0.717, 1.165) is 12.6 Å². The molecule has 0 amide bonds. The SMILES string of the molecule is CN(CC=CCN)C1CCCC1. The van der Waals surface area contributed by atoms with Crippen LogP contribution in [0.15, 0.2) is 12.2 Å². The van der Waals surface area contributed by atoms with Crippen molar-refractivity contribution in [2.45, 2.75) is 31.7 Å². The van der Waals surface area contributed by atoms with Crippen molar-refractivity contribution in [1.29, 1.82) is 0 Å². The Hall–Kier alpha value is -0.340. The van der Waals surface area contributed by atoms with Gasteiger partial charge in [0.2, 0.25) is 0 Å². The van der Waals surface area contributed by atoms with Crippen LogP contribution in [0.2, 0.25) is 0 Å². The Labute approximate surface area is 75.4 Å². The van der Waals surface area contributed by atoms with E-state index in [2.05, 4.69) is 18.0 Å². The van der Waals surface area contributed by atoms with E-state index in [1.54, 1.807) is 0 Å². The zero-order chi connectivity index (χ0) is 8.81. The van der Waals surface area contributed by atoms with E-state index in [0.29, 0.717) is 6.54 Å². The summed E-state index contributed by atoms with van der Waals surface area (Å²) in [5.41, 5.74) is 5.36. The van der Waals surface area contributed by atoms with Crippen LogP contribution in [-0.2, 0) is 0 Å². The molecule has 1 aliphatic carbocycles. The summed E-state index contributed by atoms with van der Waals surface area (Å²) in [7, 11) is 2.21. The van der Waals surface area contributed by atoms with E-state index in [1.807, 2.05) is 6.08 Å². The molecule has 2 N–H and O–H groups in total. The van der Waals surface area contributed by atoms with E-state index >= 15 is 0 Å². The second-order valence-corrected chi connectivity index (χ2v) is 3.58. The van der Waals surface area contributed by atoms with Crippen molar-refractivity contribution in [2.24, 2.45) is 5.73 Å². The summed E-state index contributed by atoms with van der Waals surface area (Å²) in [6, 6.07) is 0.826. The third-order valence-electron chi connectivity index (χ3n) is 2.64. The van der Waals surface area contributed by atoms with Crippen LogP contribution < -0.4 is 5.73 Å². The van der Waals surface area contributed by atoms with Gasteiger partial charge in [-0.05, 0) is 19.9 Å². The Morgan fingerprint density at radius 3 is 2.58 bits per heavy atom. The molecule has 0 spiro atoms. The summed E-state index contributed by atoms with van der Waals surface area (Å²) in [4.78, 5) is 2.43. The number of hydrogen-bond acceptors (Lipinski definition) is 2. The van der Waals surface area contributed by atoms with Crippen molar-refractivity contribution in [3.8, 4) is 0 Å². The highest BCUT2D eigenvalue weighted by Gasteiger charge is 2.17. The molecule has 0 bridgehead atoms. The lowest BCUT2D eigenvalue weighted by Gasteiger charge is -2.21. The second-order valence-electron chi connectivity index (χ2n) is 3.58. The van der Waals surface area contributed by atoms with Gasteiger partial charge in [0.15, 0.2) is 0 Å². The van der Waals surface area contributed by atoms with Gasteiger partial charge in [0.1, 0.15) is 0 Å². The number of likely N-dealkylation sites (N-methyl/N-ethyl adjacent to an activating group) is 1. The van der Waals surface area contributed by atoms with Crippen molar-refractivity contribution in [1.82, 2.24) is 4.90 Å². The zero-order valence-electron chi connectivity index (χ0n) is 8.00. The van der Waals surface area contributed by atoms with Crippen molar-refractivity contribution < 1.29 is 0 Å². The molecule has 0 radical (unpaired) electrons. The maximum atomic E-state index is 5.36. The summed E-state index contributed by atoms with van der Waals surface area (Å²) >= 11 is 0. The van der Waals surface area contributed by atoms with E-state index in [1.165, 1.54) is 25.7 Å². The topological polar surface area (TPSA) is 29.3 Å². The van der Waals surface area contributed by atoms with Crippen LogP contribution in [-0.4, -0.2) is 31.1 Å². The van der Waals surface area contributed by atoms with E-state index in [9.17, 15) is 0 Å². The molecule has 2 nitrogen and oxygen atoms in total. The van der Waals surface area contributed by atoms with E-state index < -0.39 is 0 Å². The molecule has 0 aromatic carbocycles. The quantitative estimate of drug-likeness (QED) is 0.642. The third kappa shape index (κ3) is 2.95. The largest absolute Gasteiger partial charge is 0.327 e. The van der Waals surface area contributed by atoms with Crippen molar-refractivity contribution in [2.75, 3.05) is 20.1 Å². The maximum absolute atomic E-state index is 5.36. The molecule has 0 aromatic rings. The highest BCUT2D eigenvalue weighted by molar-refractivity contribution is 4.87. The lowest BCUT2D eigenvalue weighted by atomic mass is 10.2. The first-order chi connectivity index (χ1) is 5.84. The van der Waals surface area contributed by atoms with Crippen LogP contribution in [0.4, 0.5) is 0 Å². The first-order valence-corrected chi connectivity index (χ1v) is 4.90. The van der Waals surface area contributed by atoms with Crippen molar-refractivity contribution in [3.63, 3.8) is 0 Å². The Kier molecular flexibility index (Phi) is 4.33. The second kappa shape index (κ2) is 5.33. The number of nitrogens with two attached hydrogens (primary N) is 1. The molecule has 0 saturated heterocycles.